The number of rotatable bonds is 7. The highest BCUT2D eigenvalue weighted by atomic mass is 16.5. The predicted octanol–water partition coefficient (Wildman–Crippen LogP) is 2.03. The Hall–Kier alpha value is -1.55. The molecule has 18 heavy (non-hydrogen) atoms. The Morgan fingerprint density at radius 2 is 1.94 bits per heavy atom. The van der Waals surface area contributed by atoms with Gasteiger partial charge in [0, 0.05) is 18.3 Å². The normalized spacial score (nSPS) is 13.7. The van der Waals surface area contributed by atoms with Crippen molar-refractivity contribution >= 4 is 11.7 Å². The van der Waals surface area contributed by atoms with E-state index in [1.165, 1.54) is 0 Å². The lowest BCUT2D eigenvalue weighted by Gasteiger charge is -2.19. The summed E-state index contributed by atoms with van der Waals surface area (Å²) >= 11 is 0. The highest BCUT2D eigenvalue weighted by Crippen LogP contribution is 2.04. The van der Waals surface area contributed by atoms with E-state index in [9.17, 15) is 4.79 Å². The third-order valence-corrected chi connectivity index (χ3v) is 2.56. The van der Waals surface area contributed by atoms with Crippen LogP contribution >= 0.6 is 0 Å². The Balaban J connectivity index is 2.29. The molecule has 0 radical (unpaired) electrons. The molecule has 2 atom stereocenters. The van der Waals surface area contributed by atoms with Crippen molar-refractivity contribution in [1.82, 2.24) is 5.32 Å². The third kappa shape index (κ3) is 5.19. The summed E-state index contributed by atoms with van der Waals surface area (Å²) in [5.41, 5.74) is 1.08. The Morgan fingerprint density at radius 1 is 1.28 bits per heavy atom. The van der Waals surface area contributed by atoms with Crippen LogP contribution in [0.2, 0.25) is 0 Å². The van der Waals surface area contributed by atoms with E-state index in [1.54, 1.807) is 0 Å². The lowest BCUT2D eigenvalue weighted by molar-refractivity contribution is -0.145. The number of nitrogens with one attached hydrogen (secondary N) is 2. The number of carbonyl (C=O) groups is 1. The summed E-state index contributed by atoms with van der Waals surface area (Å²) in [6.07, 6.45) is 0. The average Bonchev–Trinajstić information content (AvgIpc) is 2.38. The van der Waals surface area contributed by atoms with Crippen molar-refractivity contribution < 1.29 is 9.53 Å². The van der Waals surface area contributed by atoms with Crippen LogP contribution in [0.3, 0.4) is 0 Å². The maximum absolute atomic E-state index is 11.4. The molecule has 4 heteroatoms. The molecule has 0 aliphatic carbocycles. The Kier molecular flexibility index (Phi) is 6.22. The first kappa shape index (κ1) is 14.5. The van der Waals surface area contributed by atoms with E-state index in [0.717, 1.165) is 12.2 Å². The van der Waals surface area contributed by atoms with Gasteiger partial charge in [-0.05, 0) is 32.9 Å². The topological polar surface area (TPSA) is 50.4 Å². The maximum atomic E-state index is 11.4. The minimum Gasteiger partial charge on any atom is -0.465 e. The van der Waals surface area contributed by atoms with Gasteiger partial charge in [0.2, 0.25) is 0 Å². The fourth-order valence-corrected chi connectivity index (χ4v) is 1.65. The fraction of sp³-hybridized carbons (Fsp3) is 0.500. The second kappa shape index (κ2) is 7.71. The molecule has 2 N–H and O–H groups in total. The molecule has 1 aromatic rings. The van der Waals surface area contributed by atoms with Crippen LogP contribution in [0.5, 0.6) is 0 Å². The van der Waals surface area contributed by atoms with E-state index in [-0.39, 0.29) is 18.1 Å². The second-order valence-electron chi connectivity index (χ2n) is 4.29. The van der Waals surface area contributed by atoms with Crippen molar-refractivity contribution in [2.24, 2.45) is 0 Å². The van der Waals surface area contributed by atoms with Gasteiger partial charge in [0.05, 0.1) is 6.61 Å². The van der Waals surface area contributed by atoms with Crippen LogP contribution in [-0.4, -0.2) is 31.2 Å². The number of esters is 1. The van der Waals surface area contributed by atoms with Crippen LogP contribution in [0.1, 0.15) is 20.8 Å². The molecule has 0 saturated carbocycles. The number of hydrogen-bond acceptors (Lipinski definition) is 4. The fourth-order valence-electron chi connectivity index (χ4n) is 1.65. The van der Waals surface area contributed by atoms with Gasteiger partial charge in [0.1, 0.15) is 6.04 Å². The van der Waals surface area contributed by atoms with Crippen LogP contribution in [0.15, 0.2) is 30.3 Å². The number of anilines is 1. The SMILES string of the molecule is CCOC(=O)C(C)NC(C)CNc1ccccc1. The minimum absolute atomic E-state index is 0.185. The summed E-state index contributed by atoms with van der Waals surface area (Å²) in [4.78, 5) is 11.4. The highest BCUT2D eigenvalue weighted by Gasteiger charge is 2.15. The number of ether oxygens (including phenoxy) is 1. The molecule has 0 aliphatic heterocycles. The molecule has 0 bridgehead atoms. The zero-order valence-corrected chi connectivity index (χ0v) is 11.3. The van der Waals surface area contributed by atoms with Crippen molar-refractivity contribution in [2.75, 3.05) is 18.5 Å². The molecule has 0 aliphatic rings. The first-order chi connectivity index (χ1) is 8.63. The molecule has 4 nitrogen and oxygen atoms in total. The van der Waals surface area contributed by atoms with E-state index in [1.807, 2.05) is 51.1 Å². The molecule has 0 amide bonds. The lowest BCUT2D eigenvalue weighted by Crippen LogP contribution is -2.43. The van der Waals surface area contributed by atoms with E-state index in [4.69, 9.17) is 4.74 Å². The van der Waals surface area contributed by atoms with Crippen LogP contribution < -0.4 is 10.6 Å². The van der Waals surface area contributed by atoms with Crippen LogP contribution in [0.25, 0.3) is 0 Å². The molecule has 0 fully saturated rings. The van der Waals surface area contributed by atoms with Gasteiger partial charge in [-0.15, -0.1) is 0 Å². The van der Waals surface area contributed by atoms with Crippen molar-refractivity contribution in [3.8, 4) is 0 Å². The number of hydrogen-bond donors (Lipinski definition) is 2. The Labute approximate surface area is 109 Å². The average molecular weight is 250 g/mol. The molecule has 100 valence electrons. The van der Waals surface area contributed by atoms with E-state index in [2.05, 4.69) is 10.6 Å². The first-order valence-electron chi connectivity index (χ1n) is 6.35. The second-order valence-corrected chi connectivity index (χ2v) is 4.29. The van der Waals surface area contributed by atoms with Crippen LogP contribution in [0.4, 0.5) is 5.69 Å². The molecule has 0 aromatic heterocycles. The van der Waals surface area contributed by atoms with Gasteiger partial charge in [-0.3, -0.25) is 4.79 Å². The first-order valence-corrected chi connectivity index (χ1v) is 6.35. The quantitative estimate of drug-likeness (QED) is 0.727. The van der Waals surface area contributed by atoms with Crippen molar-refractivity contribution in [1.29, 1.82) is 0 Å². The number of para-hydroxylation sites is 1. The molecule has 1 aromatic carbocycles. The minimum atomic E-state index is -0.280. The van der Waals surface area contributed by atoms with Gasteiger partial charge < -0.3 is 15.4 Å². The summed E-state index contributed by atoms with van der Waals surface area (Å²) in [6, 6.07) is 9.89. The summed E-state index contributed by atoms with van der Waals surface area (Å²) in [6.45, 7) is 6.84. The molecule has 0 heterocycles. The largest absolute Gasteiger partial charge is 0.465 e. The molecule has 2 unspecified atom stereocenters. The summed E-state index contributed by atoms with van der Waals surface area (Å²) in [5, 5.41) is 6.50. The van der Waals surface area contributed by atoms with Gasteiger partial charge in [-0.2, -0.15) is 0 Å². The van der Waals surface area contributed by atoms with E-state index in [0.29, 0.717) is 6.61 Å². The monoisotopic (exact) mass is 250 g/mol. The number of carbonyl (C=O) groups excluding carboxylic acids is 1. The van der Waals surface area contributed by atoms with E-state index < -0.39 is 0 Å². The van der Waals surface area contributed by atoms with Gasteiger partial charge in [-0.1, -0.05) is 18.2 Å². The standard InChI is InChI=1S/C14H22N2O2/c1-4-18-14(17)12(3)16-11(2)10-15-13-8-6-5-7-9-13/h5-9,11-12,15-16H,4,10H2,1-3H3. The highest BCUT2D eigenvalue weighted by molar-refractivity contribution is 5.75. The van der Waals surface area contributed by atoms with Gasteiger partial charge in [0.15, 0.2) is 0 Å². The van der Waals surface area contributed by atoms with Crippen LogP contribution in [-0.2, 0) is 9.53 Å². The summed E-state index contributed by atoms with van der Waals surface area (Å²) in [5.74, 6) is -0.205. The van der Waals surface area contributed by atoms with Crippen molar-refractivity contribution in [3.05, 3.63) is 30.3 Å². The molecular weight excluding hydrogens is 228 g/mol. The van der Waals surface area contributed by atoms with Crippen molar-refractivity contribution in [2.45, 2.75) is 32.9 Å². The molecule has 0 saturated heterocycles. The Morgan fingerprint density at radius 3 is 2.56 bits per heavy atom. The molecular formula is C14H22N2O2. The van der Waals surface area contributed by atoms with Crippen molar-refractivity contribution in [3.63, 3.8) is 0 Å². The number of benzene rings is 1. The Bertz CT molecular complexity index is 354. The maximum Gasteiger partial charge on any atom is 0.322 e. The molecule has 0 spiro atoms. The zero-order chi connectivity index (χ0) is 13.4. The lowest BCUT2D eigenvalue weighted by atomic mass is 10.2. The smallest absolute Gasteiger partial charge is 0.322 e. The van der Waals surface area contributed by atoms with Gasteiger partial charge in [-0.25, -0.2) is 0 Å². The summed E-state index contributed by atoms with van der Waals surface area (Å²) in [7, 11) is 0. The molecule has 1 rings (SSSR count). The predicted molar refractivity (Wildman–Crippen MR) is 73.6 cm³/mol. The summed E-state index contributed by atoms with van der Waals surface area (Å²) < 4.78 is 4.95. The van der Waals surface area contributed by atoms with Gasteiger partial charge >= 0.3 is 5.97 Å². The third-order valence-electron chi connectivity index (χ3n) is 2.56. The zero-order valence-electron chi connectivity index (χ0n) is 11.3. The van der Waals surface area contributed by atoms with Gasteiger partial charge in [0.25, 0.3) is 0 Å². The van der Waals surface area contributed by atoms with E-state index >= 15 is 0 Å². The van der Waals surface area contributed by atoms with Crippen LogP contribution in [0, 0.1) is 0 Å².